The van der Waals surface area contributed by atoms with Gasteiger partial charge in [0.1, 0.15) is 16.9 Å². The van der Waals surface area contributed by atoms with Crippen LogP contribution in [0.3, 0.4) is 0 Å². The average molecular weight is 546 g/mol. The SMILES string of the molecule is CNc1cc(F)c(F)c2c1[nH]c1ncc(-c3cnc4c(c3)c(=O)c(C(=O)O)cn4C)c(N3CCC4C3CN4C)c12. The molecule has 12 heteroatoms. The Labute approximate surface area is 225 Å². The lowest BCUT2D eigenvalue weighted by atomic mass is 9.96. The molecule has 40 heavy (non-hydrogen) atoms. The molecule has 4 aromatic heterocycles. The Morgan fingerprint density at radius 3 is 2.65 bits per heavy atom. The molecule has 204 valence electrons. The van der Waals surface area contributed by atoms with Crippen LogP contribution in [0.15, 0.2) is 35.5 Å². The van der Waals surface area contributed by atoms with Gasteiger partial charge >= 0.3 is 5.97 Å². The number of carbonyl (C=O) groups is 1. The Morgan fingerprint density at radius 2 is 1.95 bits per heavy atom. The molecule has 0 spiro atoms. The van der Waals surface area contributed by atoms with Gasteiger partial charge in [-0.3, -0.25) is 9.69 Å². The number of aromatic carboxylic acids is 1. The third-order valence-electron chi connectivity index (χ3n) is 8.43. The highest BCUT2D eigenvalue weighted by Crippen LogP contribution is 2.47. The van der Waals surface area contributed by atoms with Crippen molar-refractivity contribution in [1.82, 2.24) is 24.4 Å². The predicted molar refractivity (Wildman–Crippen MR) is 148 cm³/mol. The fraction of sp³-hybridized carbons (Fsp3) is 0.286. The molecule has 0 amide bonds. The largest absolute Gasteiger partial charge is 0.477 e. The molecule has 2 unspecified atom stereocenters. The zero-order valence-corrected chi connectivity index (χ0v) is 21.9. The van der Waals surface area contributed by atoms with Crippen LogP contribution in [-0.4, -0.2) is 74.8 Å². The number of nitrogens with zero attached hydrogens (tertiary/aromatic N) is 5. The Bertz CT molecular complexity index is 1970. The van der Waals surface area contributed by atoms with E-state index in [9.17, 15) is 19.1 Å². The Morgan fingerprint density at radius 1 is 1.15 bits per heavy atom. The number of hydrogen-bond donors (Lipinski definition) is 3. The van der Waals surface area contributed by atoms with E-state index in [4.69, 9.17) is 0 Å². The molecule has 7 rings (SSSR count). The van der Waals surface area contributed by atoms with Crippen molar-refractivity contribution in [2.45, 2.75) is 18.5 Å². The molecule has 2 atom stereocenters. The summed E-state index contributed by atoms with van der Waals surface area (Å²) in [6.07, 6.45) is 5.40. The van der Waals surface area contributed by atoms with E-state index < -0.39 is 23.0 Å². The first-order valence-electron chi connectivity index (χ1n) is 12.9. The average Bonchev–Trinajstić information content (AvgIpc) is 3.49. The van der Waals surface area contributed by atoms with Gasteiger partial charge in [0.05, 0.1) is 39.1 Å². The number of aromatic amines is 1. The van der Waals surface area contributed by atoms with E-state index in [1.165, 1.54) is 10.8 Å². The number of hydrogen-bond acceptors (Lipinski definition) is 7. The first kappa shape index (κ1) is 24.5. The van der Waals surface area contributed by atoms with Crippen LogP contribution in [0.5, 0.6) is 0 Å². The zero-order valence-electron chi connectivity index (χ0n) is 21.9. The highest BCUT2D eigenvalue weighted by Gasteiger charge is 2.46. The molecule has 0 bridgehead atoms. The van der Waals surface area contributed by atoms with Crippen molar-refractivity contribution in [1.29, 1.82) is 0 Å². The Kier molecular flexibility index (Phi) is 5.17. The maximum atomic E-state index is 15.6. The van der Waals surface area contributed by atoms with Gasteiger partial charge in [0.15, 0.2) is 11.6 Å². The highest BCUT2D eigenvalue weighted by molar-refractivity contribution is 6.18. The number of anilines is 2. The van der Waals surface area contributed by atoms with Crippen LogP contribution in [0.2, 0.25) is 0 Å². The minimum Gasteiger partial charge on any atom is -0.477 e. The fourth-order valence-corrected chi connectivity index (χ4v) is 6.45. The monoisotopic (exact) mass is 545 g/mol. The lowest BCUT2D eigenvalue weighted by Gasteiger charge is -2.45. The van der Waals surface area contributed by atoms with Gasteiger partial charge in [-0.2, -0.15) is 0 Å². The molecule has 0 aliphatic carbocycles. The number of benzene rings is 1. The second-order valence-electron chi connectivity index (χ2n) is 10.5. The van der Waals surface area contributed by atoms with Crippen molar-refractivity contribution in [2.24, 2.45) is 7.05 Å². The molecule has 2 fully saturated rings. The van der Waals surface area contributed by atoms with Gasteiger partial charge in [0, 0.05) is 69.0 Å². The zero-order chi connectivity index (χ0) is 28.0. The van der Waals surface area contributed by atoms with Crippen molar-refractivity contribution >= 4 is 50.3 Å². The van der Waals surface area contributed by atoms with Gasteiger partial charge < -0.3 is 24.9 Å². The normalized spacial score (nSPS) is 19.0. The van der Waals surface area contributed by atoms with Gasteiger partial charge in [-0.15, -0.1) is 0 Å². The lowest BCUT2D eigenvalue weighted by Crippen LogP contribution is -2.60. The summed E-state index contributed by atoms with van der Waals surface area (Å²) in [5, 5.41) is 13.2. The smallest absolute Gasteiger partial charge is 0.341 e. The topological polar surface area (TPSA) is 119 Å². The number of rotatable bonds is 4. The molecule has 0 saturated carbocycles. The summed E-state index contributed by atoms with van der Waals surface area (Å²) in [7, 11) is 5.33. The first-order valence-corrected chi connectivity index (χ1v) is 12.9. The van der Waals surface area contributed by atoms with Gasteiger partial charge in [-0.25, -0.2) is 23.5 Å². The molecular weight excluding hydrogens is 520 g/mol. The molecule has 1 aromatic carbocycles. The van der Waals surface area contributed by atoms with Gasteiger partial charge in [0.25, 0.3) is 0 Å². The molecule has 3 N–H and O–H groups in total. The van der Waals surface area contributed by atoms with E-state index in [2.05, 4.69) is 37.1 Å². The number of aromatic nitrogens is 4. The summed E-state index contributed by atoms with van der Waals surface area (Å²) in [6.45, 7) is 1.51. The van der Waals surface area contributed by atoms with Gasteiger partial charge in [-0.05, 0) is 19.5 Å². The molecule has 0 radical (unpaired) electrons. The predicted octanol–water partition coefficient (Wildman–Crippen LogP) is 3.54. The van der Waals surface area contributed by atoms with Crippen molar-refractivity contribution in [3.8, 4) is 11.1 Å². The number of carboxylic acid groups (broad SMARTS) is 1. The van der Waals surface area contributed by atoms with Crippen molar-refractivity contribution in [3.63, 3.8) is 0 Å². The van der Waals surface area contributed by atoms with Crippen LogP contribution in [0.1, 0.15) is 16.8 Å². The van der Waals surface area contributed by atoms with Crippen LogP contribution in [0.25, 0.3) is 44.1 Å². The van der Waals surface area contributed by atoms with Crippen molar-refractivity contribution in [3.05, 3.63) is 58.1 Å². The van der Waals surface area contributed by atoms with E-state index in [0.29, 0.717) is 57.3 Å². The van der Waals surface area contributed by atoms with E-state index >= 15 is 4.39 Å². The second-order valence-corrected chi connectivity index (χ2v) is 10.5. The second kappa shape index (κ2) is 8.46. The van der Waals surface area contributed by atoms with Gasteiger partial charge in [-0.1, -0.05) is 0 Å². The maximum Gasteiger partial charge on any atom is 0.341 e. The third-order valence-corrected chi connectivity index (χ3v) is 8.43. The minimum absolute atomic E-state index is 0.0950. The Balaban J connectivity index is 1.57. The number of likely N-dealkylation sites (N-methyl/N-ethyl adjacent to an activating group) is 1. The summed E-state index contributed by atoms with van der Waals surface area (Å²) in [5.41, 5.74) is 2.32. The first-order chi connectivity index (χ1) is 19.2. The lowest BCUT2D eigenvalue weighted by molar-refractivity contribution is 0.0695. The number of H-pyrrole nitrogens is 1. The summed E-state index contributed by atoms with van der Waals surface area (Å²) >= 11 is 0. The van der Waals surface area contributed by atoms with Crippen molar-refractivity contribution in [2.75, 3.05) is 37.4 Å². The molecular formula is C28H25F2N7O3. The molecule has 10 nitrogen and oxygen atoms in total. The summed E-state index contributed by atoms with van der Waals surface area (Å²) < 4.78 is 31.9. The van der Waals surface area contributed by atoms with Crippen molar-refractivity contribution < 1.29 is 18.7 Å². The molecule has 2 saturated heterocycles. The van der Waals surface area contributed by atoms with Crippen LogP contribution < -0.4 is 15.6 Å². The van der Waals surface area contributed by atoms with Crippen LogP contribution in [-0.2, 0) is 7.05 Å². The third kappa shape index (κ3) is 3.22. The van der Waals surface area contributed by atoms with E-state index in [0.717, 1.165) is 19.0 Å². The van der Waals surface area contributed by atoms with Crippen LogP contribution in [0, 0.1) is 11.6 Å². The van der Waals surface area contributed by atoms with Gasteiger partial charge in [0.2, 0.25) is 5.43 Å². The number of likely N-dealkylation sites (tertiary alicyclic amines) is 1. The standard InChI is InChI=1S/C28H25F2N7O3/c1-31-17-7-16(29)22(30)20-21-24(37-5-4-18-19(37)11-35(18)2)14(9-32-26(21)34-23(17)20)12-6-13-25(38)15(28(39)40)10-36(3)27(13)33-8-12/h6-10,18-19,31H,4-5,11H2,1-3H3,(H,32,34)(H,39,40). The number of carboxylic acids is 1. The fourth-order valence-electron chi connectivity index (χ4n) is 6.45. The summed E-state index contributed by atoms with van der Waals surface area (Å²) in [5.74, 6) is -3.28. The summed E-state index contributed by atoms with van der Waals surface area (Å²) in [4.78, 5) is 41.6. The minimum atomic E-state index is -1.33. The molecule has 6 heterocycles. The Hall–Kier alpha value is -4.58. The number of aryl methyl sites for hydroxylation is 1. The number of nitrogens with one attached hydrogen (secondary N) is 2. The molecule has 2 aliphatic rings. The van der Waals surface area contributed by atoms with E-state index in [-0.39, 0.29) is 22.4 Å². The van der Waals surface area contributed by atoms with E-state index in [1.807, 2.05) is 0 Å². The van der Waals surface area contributed by atoms with E-state index in [1.54, 1.807) is 32.6 Å². The molecule has 5 aromatic rings. The molecule has 2 aliphatic heterocycles. The van der Waals surface area contributed by atoms with Crippen LogP contribution in [0.4, 0.5) is 20.2 Å². The highest BCUT2D eigenvalue weighted by atomic mass is 19.2. The number of fused-ring (bicyclic) bond motifs is 5. The van der Waals surface area contributed by atoms with Crippen LogP contribution >= 0.6 is 0 Å². The summed E-state index contributed by atoms with van der Waals surface area (Å²) in [6, 6.07) is 3.22. The quantitative estimate of drug-likeness (QED) is 0.314. The number of pyridine rings is 3. The number of halogens is 2. The maximum absolute atomic E-state index is 15.6.